The van der Waals surface area contributed by atoms with Gasteiger partial charge in [-0.15, -0.1) is 0 Å². The molecule has 2 aromatic rings. The highest BCUT2D eigenvalue weighted by atomic mass is 32.2. The molecule has 4 N–H and O–H groups in total. The van der Waals surface area contributed by atoms with E-state index in [9.17, 15) is 23.1 Å². The molecule has 1 aliphatic carbocycles. The Hall–Kier alpha value is -2.91. The summed E-state index contributed by atoms with van der Waals surface area (Å²) in [5, 5.41) is 12.4. The molecule has 28 heavy (non-hydrogen) atoms. The van der Waals surface area contributed by atoms with Crippen LogP contribution in [0.5, 0.6) is 0 Å². The number of aromatic carboxylic acids is 1. The van der Waals surface area contributed by atoms with Gasteiger partial charge in [-0.2, -0.15) is 0 Å². The van der Waals surface area contributed by atoms with Gasteiger partial charge in [0.05, 0.1) is 21.7 Å². The molecular weight excluding hydrogens is 382 g/mol. The summed E-state index contributed by atoms with van der Waals surface area (Å²) >= 11 is 0. The van der Waals surface area contributed by atoms with Crippen LogP contribution in [0.4, 0.5) is 5.69 Å². The third-order valence-electron chi connectivity index (χ3n) is 5.18. The predicted molar refractivity (Wildman–Crippen MR) is 104 cm³/mol. The van der Waals surface area contributed by atoms with Crippen molar-refractivity contribution in [1.82, 2.24) is 9.71 Å². The number of hydrogen-bond acceptors (Lipinski definition) is 4. The number of rotatable bonds is 4. The van der Waals surface area contributed by atoms with Crippen LogP contribution >= 0.6 is 0 Å². The molecule has 2 aliphatic rings. The molecule has 9 heteroatoms. The number of aryl methyl sites for hydroxylation is 1. The number of sulfonamides is 1. The number of amides is 1. The topological polar surface area (TPSA) is 128 Å². The molecule has 0 spiro atoms. The molecule has 1 aromatic carbocycles. The van der Waals surface area contributed by atoms with Crippen LogP contribution in [0, 0.1) is 0 Å². The molecule has 2 heterocycles. The van der Waals surface area contributed by atoms with Crippen molar-refractivity contribution in [3.05, 3.63) is 46.3 Å². The standard InChI is InChI=1S/C19H19N3O5S/c1-20-28(26,27)10-6-7-15-12(8-10)13(18(23)22-15)9-16-17(19(24)25)11-4-2-3-5-14(11)21-16/h6-9,20-21H,2-5H2,1H3,(H,22,23)(H,24,25). The Labute approximate surface area is 161 Å². The van der Waals surface area contributed by atoms with E-state index in [1.165, 1.54) is 31.3 Å². The van der Waals surface area contributed by atoms with Gasteiger partial charge in [-0.05, 0) is 62.6 Å². The lowest BCUT2D eigenvalue weighted by Crippen LogP contribution is -2.18. The largest absolute Gasteiger partial charge is 0.478 e. The minimum Gasteiger partial charge on any atom is -0.478 e. The number of H-pyrrole nitrogens is 1. The number of carboxylic acid groups (broad SMARTS) is 1. The normalized spacial score (nSPS) is 17.3. The summed E-state index contributed by atoms with van der Waals surface area (Å²) in [5.74, 6) is -1.45. The Kier molecular flexibility index (Phi) is 4.35. The van der Waals surface area contributed by atoms with E-state index in [1.807, 2.05) is 0 Å². The first-order valence-electron chi connectivity index (χ1n) is 8.90. The number of carboxylic acids is 1. The first-order valence-corrected chi connectivity index (χ1v) is 10.4. The van der Waals surface area contributed by atoms with E-state index in [0.29, 0.717) is 23.4 Å². The average molecular weight is 401 g/mol. The van der Waals surface area contributed by atoms with Crippen molar-refractivity contribution in [2.24, 2.45) is 0 Å². The number of fused-ring (bicyclic) bond motifs is 2. The van der Waals surface area contributed by atoms with Gasteiger partial charge < -0.3 is 15.4 Å². The lowest BCUT2D eigenvalue weighted by Gasteiger charge is -2.10. The quantitative estimate of drug-likeness (QED) is 0.583. The van der Waals surface area contributed by atoms with Gasteiger partial charge >= 0.3 is 5.97 Å². The Morgan fingerprint density at radius 3 is 2.71 bits per heavy atom. The predicted octanol–water partition coefficient (Wildman–Crippen LogP) is 1.99. The van der Waals surface area contributed by atoms with E-state index in [1.54, 1.807) is 0 Å². The lowest BCUT2D eigenvalue weighted by molar-refractivity contribution is -0.110. The van der Waals surface area contributed by atoms with Crippen molar-refractivity contribution in [1.29, 1.82) is 0 Å². The molecule has 0 radical (unpaired) electrons. The van der Waals surface area contributed by atoms with E-state index in [-0.39, 0.29) is 16.0 Å². The number of carbonyl (C=O) groups excluding carboxylic acids is 1. The van der Waals surface area contributed by atoms with Gasteiger partial charge in [0.15, 0.2) is 0 Å². The van der Waals surface area contributed by atoms with Crippen LogP contribution in [0.3, 0.4) is 0 Å². The van der Waals surface area contributed by atoms with Crippen molar-refractivity contribution in [2.75, 3.05) is 12.4 Å². The SMILES string of the molecule is CNS(=O)(=O)c1ccc2c(c1)C(=Cc1[nH]c3c(c1C(=O)O)CCCC3)C(=O)N2. The van der Waals surface area contributed by atoms with Crippen LogP contribution in [-0.4, -0.2) is 37.4 Å². The summed E-state index contributed by atoms with van der Waals surface area (Å²) in [4.78, 5) is 27.5. The van der Waals surface area contributed by atoms with Crippen LogP contribution < -0.4 is 10.0 Å². The smallest absolute Gasteiger partial charge is 0.338 e. The number of nitrogens with one attached hydrogen (secondary N) is 3. The summed E-state index contributed by atoms with van der Waals surface area (Å²) in [6, 6.07) is 4.34. The van der Waals surface area contributed by atoms with Gasteiger partial charge in [0.1, 0.15) is 0 Å². The van der Waals surface area contributed by atoms with Crippen molar-refractivity contribution in [3.8, 4) is 0 Å². The van der Waals surface area contributed by atoms with Crippen molar-refractivity contribution >= 4 is 39.2 Å². The van der Waals surface area contributed by atoms with Gasteiger partial charge in [0, 0.05) is 16.9 Å². The van der Waals surface area contributed by atoms with Gasteiger partial charge in [-0.1, -0.05) is 0 Å². The maximum Gasteiger partial charge on any atom is 0.338 e. The van der Waals surface area contributed by atoms with E-state index in [4.69, 9.17) is 0 Å². The Bertz CT molecular complexity index is 1140. The van der Waals surface area contributed by atoms with Crippen LogP contribution in [0.1, 0.15) is 45.7 Å². The molecule has 8 nitrogen and oxygen atoms in total. The van der Waals surface area contributed by atoms with Gasteiger partial charge in [0.2, 0.25) is 10.0 Å². The molecule has 1 amide bonds. The third-order valence-corrected chi connectivity index (χ3v) is 6.59. The summed E-state index contributed by atoms with van der Waals surface area (Å²) < 4.78 is 26.5. The Morgan fingerprint density at radius 1 is 1.25 bits per heavy atom. The highest BCUT2D eigenvalue weighted by Crippen LogP contribution is 2.36. The number of anilines is 1. The lowest BCUT2D eigenvalue weighted by atomic mass is 9.94. The molecule has 0 saturated heterocycles. The monoisotopic (exact) mass is 401 g/mol. The Morgan fingerprint density at radius 2 is 2.00 bits per heavy atom. The van der Waals surface area contributed by atoms with Crippen molar-refractivity contribution in [2.45, 2.75) is 30.6 Å². The van der Waals surface area contributed by atoms with Gasteiger partial charge in [-0.3, -0.25) is 4.79 Å². The fourth-order valence-corrected chi connectivity index (χ4v) is 4.56. The van der Waals surface area contributed by atoms with Crippen LogP contribution in [0.15, 0.2) is 23.1 Å². The van der Waals surface area contributed by atoms with Crippen molar-refractivity contribution < 1.29 is 23.1 Å². The fourth-order valence-electron chi connectivity index (χ4n) is 3.80. The van der Waals surface area contributed by atoms with E-state index >= 15 is 0 Å². The van der Waals surface area contributed by atoms with E-state index in [0.717, 1.165) is 30.5 Å². The molecular formula is C19H19N3O5S. The number of benzene rings is 1. The minimum atomic E-state index is -3.68. The number of hydrogen-bond donors (Lipinski definition) is 4. The number of aromatic amines is 1. The molecule has 1 aliphatic heterocycles. The van der Waals surface area contributed by atoms with E-state index in [2.05, 4.69) is 15.0 Å². The second kappa shape index (κ2) is 6.61. The molecule has 0 atom stereocenters. The summed E-state index contributed by atoms with van der Waals surface area (Å²) in [7, 11) is -2.36. The molecule has 1 aromatic heterocycles. The van der Waals surface area contributed by atoms with Crippen LogP contribution in [0.2, 0.25) is 0 Å². The molecule has 4 rings (SSSR count). The summed E-state index contributed by atoms with van der Waals surface area (Å²) in [5.41, 5.74) is 3.35. The zero-order valence-electron chi connectivity index (χ0n) is 15.1. The highest BCUT2D eigenvalue weighted by Gasteiger charge is 2.29. The summed E-state index contributed by atoms with van der Waals surface area (Å²) in [6.45, 7) is 0. The van der Waals surface area contributed by atoms with Gasteiger partial charge in [-0.25, -0.2) is 17.9 Å². The molecule has 0 bridgehead atoms. The molecule has 146 valence electrons. The van der Waals surface area contributed by atoms with E-state index < -0.39 is 21.9 Å². The van der Waals surface area contributed by atoms with Crippen molar-refractivity contribution in [3.63, 3.8) is 0 Å². The maximum atomic E-state index is 12.5. The molecule has 0 saturated carbocycles. The van der Waals surface area contributed by atoms with Crippen LogP contribution in [-0.2, 0) is 27.7 Å². The maximum absolute atomic E-state index is 12.5. The fraction of sp³-hybridized carbons (Fsp3) is 0.263. The zero-order chi connectivity index (χ0) is 20.1. The first kappa shape index (κ1) is 18.5. The molecule has 0 fully saturated rings. The highest BCUT2D eigenvalue weighted by molar-refractivity contribution is 7.89. The van der Waals surface area contributed by atoms with Gasteiger partial charge in [0.25, 0.3) is 5.91 Å². The zero-order valence-corrected chi connectivity index (χ0v) is 15.9. The average Bonchev–Trinajstić information content (AvgIpc) is 3.19. The first-order chi connectivity index (χ1) is 13.3. The second-order valence-electron chi connectivity index (χ2n) is 6.81. The Balaban J connectivity index is 1.87. The molecule has 0 unspecified atom stereocenters. The number of aromatic nitrogens is 1. The third kappa shape index (κ3) is 2.92. The number of carbonyl (C=O) groups is 2. The van der Waals surface area contributed by atoms with Crippen LogP contribution in [0.25, 0.3) is 11.6 Å². The minimum absolute atomic E-state index is 0.0281. The second-order valence-corrected chi connectivity index (χ2v) is 8.70. The summed E-state index contributed by atoms with van der Waals surface area (Å²) in [6.07, 6.45) is 4.86.